The number of hydrogen-bond donors (Lipinski definition) is 3. The largest absolute Gasteiger partial charge is 0.481 e. The van der Waals surface area contributed by atoms with Gasteiger partial charge in [-0.3, -0.25) is 9.59 Å². The zero-order valence-electron chi connectivity index (χ0n) is 16.7. The Morgan fingerprint density at radius 3 is 2.71 bits per heavy atom. The number of ketones is 1. The van der Waals surface area contributed by atoms with Crippen LogP contribution < -0.4 is 0 Å². The number of Topliss-reactive ketones (excluding diaryl/α,β-unsaturated/α-hetero) is 1. The van der Waals surface area contributed by atoms with Crippen LogP contribution in [0.2, 0.25) is 0 Å². The van der Waals surface area contributed by atoms with E-state index in [1.165, 1.54) is 18.2 Å². The van der Waals surface area contributed by atoms with Gasteiger partial charge >= 0.3 is 5.97 Å². The molecular formula is C21H34O5S2. The van der Waals surface area contributed by atoms with Crippen LogP contribution in [0.25, 0.3) is 0 Å². The number of hydrogen-bond acceptors (Lipinski definition) is 6. The van der Waals surface area contributed by atoms with Crippen molar-refractivity contribution in [1.29, 1.82) is 0 Å². The maximum atomic E-state index is 12.3. The Labute approximate surface area is 176 Å². The Balaban J connectivity index is 1.79. The third kappa shape index (κ3) is 6.51. The van der Waals surface area contributed by atoms with Crippen molar-refractivity contribution in [1.82, 2.24) is 0 Å². The van der Waals surface area contributed by atoms with Crippen LogP contribution in [0.15, 0.2) is 12.2 Å². The van der Waals surface area contributed by atoms with E-state index < -0.39 is 12.1 Å². The number of carbonyl (C=O) groups is 2. The van der Waals surface area contributed by atoms with E-state index in [0.29, 0.717) is 6.42 Å². The summed E-state index contributed by atoms with van der Waals surface area (Å²) in [5.74, 6) is 0.741. The summed E-state index contributed by atoms with van der Waals surface area (Å²) >= 11 is 2.95. The maximum Gasteiger partial charge on any atom is 0.313 e. The molecule has 0 bridgehead atoms. The van der Waals surface area contributed by atoms with Crippen molar-refractivity contribution in [3.05, 3.63) is 12.2 Å². The number of aliphatic carboxylic acids is 1. The first kappa shape index (κ1) is 23.8. The third-order valence-corrected chi connectivity index (χ3v) is 8.49. The molecule has 2 saturated carbocycles. The Hall–Kier alpha value is -0.500. The first-order valence-electron chi connectivity index (χ1n) is 10.4. The van der Waals surface area contributed by atoms with E-state index in [4.69, 9.17) is 5.11 Å². The maximum absolute atomic E-state index is 12.3. The molecule has 7 heteroatoms. The van der Waals surface area contributed by atoms with Crippen LogP contribution in [0.5, 0.6) is 0 Å². The van der Waals surface area contributed by atoms with E-state index in [0.717, 1.165) is 43.6 Å². The summed E-state index contributed by atoms with van der Waals surface area (Å²) < 4.78 is 0. The van der Waals surface area contributed by atoms with Gasteiger partial charge in [0.25, 0.3) is 0 Å². The quantitative estimate of drug-likeness (QED) is 0.304. The highest BCUT2D eigenvalue weighted by Crippen LogP contribution is 2.48. The second kappa shape index (κ2) is 11.6. The Morgan fingerprint density at radius 1 is 1.36 bits per heavy atom. The van der Waals surface area contributed by atoms with Crippen LogP contribution in [0.1, 0.15) is 58.3 Å². The van der Waals surface area contributed by atoms with Gasteiger partial charge in [0.2, 0.25) is 0 Å². The lowest BCUT2D eigenvalue weighted by Crippen LogP contribution is -2.41. The summed E-state index contributed by atoms with van der Waals surface area (Å²) in [5, 5.41) is 29.3. The van der Waals surface area contributed by atoms with Crippen LogP contribution in [0.3, 0.4) is 0 Å². The summed E-state index contributed by atoms with van der Waals surface area (Å²) in [6, 6.07) is 0. The van der Waals surface area contributed by atoms with E-state index >= 15 is 0 Å². The topological polar surface area (TPSA) is 94.8 Å². The molecule has 0 amide bonds. The van der Waals surface area contributed by atoms with Crippen molar-refractivity contribution in [2.75, 3.05) is 17.3 Å². The van der Waals surface area contributed by atoms with Crippen LogP contribution in [-0.4, -0.2) is 61.8 Å². The normalized spacial score (nSPS) is 27.8. The van der Waals surface area contributed by atoms with Crippen molar-refractivity contribution >= 4 is 35.3 Å². The zero-order valence-corrected chi connectivity index (χ0v) is 18.3. The molecule has 2 aliphatic rings. The average Bonchev–Trinajstić information content (AvgIpc) is 2.87. The lowest BCUT2D eigenvalue weighted by molar-refractivity contribution is -0.133. The SMILES string of the molecule is CCCC1(C(O)CC=C[C@H]2[C@H](O)CC(=O)[C@@H]2SCCCSCC(=O)O)CCC1. The van der Waals surface area contributed by atoms with Gasteiger partial charge in [0.15, 0.2) is 0 Å². The molecular weight excluding hydrogens is 396 g/mol. The highest BCUT2D eigenvalue weighted by Gasteiger charge is 2.42. The Kier molecular flexibility index (Phi) is 9.87. The van der Waals surface area contributed by atoms with Crippen molar-refractivity contribution in [3.8, 4) is 0 Å². The van der Waals surface area contributed by atoms with Gasteiger partial charge < -0.3 is 15.3 Å². The van der Waals surface area contributed by atoms with E-state index in [2.05, 4.69) is 6.92 Å². The summed E-state index contributed by atoms with van der Waals surface area (Å²) in [6.07, 6.45) is 10.1. The standard InChI is InChI=1S/C21H34O5S2/c1-2-8-21(9-4-10-21)18(24)7-3-6-15-16(22)13-17(23)20(15)28-12-5-11-27-14-19(25)26/h3,6,15-16,18,20,22,24H,2,4-5,7-14H2,1H3,(H,25,26)/t15-,16+,18?,20+/m0/s1. The van der Waals surface area contributed by atoms with Crippen LogP contribution >= 0.6 is 23.5 Å². The number of aliphatic hydroxyl groups is 2. The first-order chi connectivity index (χ1) is 13.4. The molecule has 3 N–H and O–H groups in total. The highest BCUT2D eigenvalue weighted by atomic mass is 32.2. The summed E-state index contributed by atoms with van der Waals surface area (Å²) in [5.41, 5.74) is 0.0744. The van der Waals surface area contributed by atoms with Gasteiger partial charge in [-0.2, -0.15) is 11.8 Å². The molecule has 0 aromatic rings. The summed E-state index contributed by atoms with van der Waals surface area (Å²) in [6.45, 7) is 2.16. The first-order valence-corrected chi connectivity index (χ1v) is 12.6. The molecule has 0 heterocycles. The average molecular weight is 431 g/mol. The second-order valence-corrected chi connectivity index (χ2v) is 10.4. The van der Waals surface area contributed by atoms with E-state index in [-0.39, 0.29) is 40.6 Å². The van der Waals surface area contributed by atoms with Crippen LogP contribution in [-0.2, 0) is 9.59 Å². The van der Waals surface area contributed by atoms with Gasteiger partial charge in [0, 0.05) is 12.3 Å². The molecule has 160 valence electrons. The lowest BCUT2D eigenvalue weighted by Gasteiger charge is -2.45. The van der Waals surface area contributed by atoms with Crippen molar-refractivity contribution in [2.24, 2.45) is 11.3 Å². The molecule has 5 nitrogen and oxygen atoms in total. The number of carbonyl (C=O) groups excluding carboxylic acids is 1. The molecule has 4 atom stereocenters. The van der Waals surface area contributed by atoms with Crippen LogP contribution in [0, 0.1) is 11.3 Å². The monoisotopic (exact) mass is 430 g/mol. The molecule has 1 unspecified atom stereocenters. The fourth-order valence-electron chi connectivity index (χ4n) is 4.33. The predicted octanol–water partition coefficient (Wildman–Crippen LogP) is 3.52. The van der Waals surface area contributed by atoms with Gasteiger partial charge in [0.05, 0.1) is 23.2 Å². The zero-order chi connectivity index (χ0) is 20.6. The molecule has 0 aliphatic heterocycles. The number of rotatable bonds is 13. The van der Waals surface area contributed by atoms with Gasteiger partial charge in [-0.25, -0.2) is 0 Å². The third-order valence-electron chi connectivity index (χ3n) is 6.00. The summed E-state index contributed by atoms with van der Waals surface area (Å²) in [7, 11) is 0. The summed E-state index contributed by atoms with van der Waals surface area (Å²) in [4.78, 5) is 22.8. The number of thioether (sulfide) groups is 2. The van der Waals surface area contributed by atoms with E-state index in [9.17, 15) is 19.8 Å². The molecule has 2 aliphatic carbocycles. The molecule has 0 spiro atoms. The number of carboxylic acids is 1. The van der Waals surface area contributed by atoms with Gasteiger partial charge in [-0.05, 0) is 49.0 Å². The Bertz CT molecular complexity index is 547. The van der Waals surface area contributed by atoms with E-state index in [1.54, 1.807) is 11.8 Å². The van der Waals surface area contributed by atoms with Gasteiger partial charge in [-0.1, -0.05) is 31.9 Å². The fourth-order valence-corrected chi connectivity index (χ4v) is 6.52. The van der Waals surface area contributed by atoms with Crippen LogP contribution in [0.4, 0.5) is 0 Å². The molecule has 2 rings (SSSR count). The van der Waals surface area contributed by atoms with Gasteiger partial charge in [-0.15, -0.1) is 11.8 Å². The Morgan fingerprint density at radius 2 is 2.11 bits per heavy atom. The van der Waals surface area contributed by atoms with Gasteiger partial charge in [0.1, 0.15) is 5.78 Å². The molecule has 0 aromatic carbocycles. The minimum atomic E-state index is -0.804. The second-order valence-electron chi connectivity index (χ2n) is 8.05. The number of aliphatic hydroxyl groups excluding tert-OH is 2. The molecule has 2 fully saturated rings. The molecule has 0 aromatic heterocycles. The number of carboxylic acid groups (broad SMARTS) is 1. The van der Waals surface area contributed by atoms with E-state index in [1.807, 2.05) is 12.2 Å². The van der Waals surface area contributed by atoms with Crippen molar-refractivity contribution in [2.45, 2.75) is 75.7 Å². The van der Waals surface area contributed by atoms with Crippen molar-refractivity contribution in [3.63, 3.8) is 0 Å². The smallest absolute Gasteiger partial charge is 0.313 e. The molecule has 0 saturated heterocycles. The minimum Gasteiger partial charge on any atom is -0.481 e. The molecule has 28 heavy (non-hydrogen) atoms. The highest BCUT2D eigenvalue weighted by molar-refractivity contribution is 8.01. The fraction of sp³-hybridized carbons (Fsp3) is 0.810. The lowest BCUT2D eigenvalue weighted by atomic mass is 9.62. The van der Waals surface area contributed by atoms with Crippen molar-refractivity contribution < 1.29 is 24.9 Å². The minimum absolute atomic E-state index is 0.0744. The predicted molar refractivity (Wildman–Crippen MR) is 116 cm³/mol. The molecule has 0 radical (unpaired) electrons.